The van der Waals surface area contributed by atoms with Crippen LogP contribution in [0.3, 0.4) is 0 Å². The van der Waals surface area contributed by atoms with E-state index in [0.29, 0.717) is 17.6 Å². The Labute approximate surface area is 123 Å². The van der Waals surface area contributed by atoms with Crippen LogP contribution in [0.5, 0.6) is 0 Å². The summed E-state index contributed by atoms with van der Waals surface area (Å²) in [6.07, 6.45) is 2.97. The maximum absolute atomic E-state index is 12.4. The van der Waals surface area contributed by atoms with E-state index in [-0.39, 0.29) is 6.04 Å². The van der Waals surface area contributed by atoms with E-state index in [1.165, 1.54) is 0 Å². The fourth-order valence-corrected chi connectivity index (χ4v) is 4.19. The van der Waals surface area contributed by atoms with Crippen molar-refractivity contribution >= 4 is 31.8 Å². The minimum atomic E-state index is -3.44. The van der Waals surface area contributed by atoms with Gasteiger partial charge in [-0.05, 0) is 37.5 Å². The van der Waals surface area contributed by atoms with E-state index in [4.69, 9.17) is 0 Å². The van der Waals surface area contributed by atoms with Gasteiger partial charge in [0, 0.05) is 17.9 Å². The molecule has 0 saturated carbocycles. The minimum Gasteiger partial charge on any atom is -0.271 e. The Morgan fingerprint density at radius 3 is 2.89 bits per heavy atom. The molecule has 4 nitrogen and oxygen atoms in total. The molecule has 0 aliphatic carbocycles. The van der Waals surface area contributed by atoms with Crippen LogP contribution in [0.25, 0.3) is 0 Å². The molecule has 1 aromatic carbocycles. The molecule has 1 fully saturated rings. The number of nitrogens with zero attached hydrogens (tertiary/aromatic N) is 1. The number of benzene rings is 1. The van der Waals surface area contributed by atoms with Crippen LogP contribution in [-0.4, -0.2) is 25.3 Å². The summed E-state index contributed by atoms with van der Waals surface area (Å²) in [5, 5.41) is 0.711. The van der Waals surface area contributed by atoms with Gasteiger partial charge < -0.3 is 0 Å². The van der Waals surface area contributed by atoms with E-state index in [2.05, 4.69) is 20.7 Å². The van der Waals surface area contributed by atoms with Crippen molar-refractivity contribution in [1.82, 2.24) is 4.31 Å². The van der Waals surface area contributed by atoms with Crippen molar-refractivity contribution in [2.75, 3.05) is 11.3 Å². The number of anilines is 1. The van der Waals surface area contributed by atoms with E-state index >= 15 is 0 Å². The van der Waals surface area contributed by atoms with Gasteiger partial charge in [-0.2, -0.15) is 12.7 Å². The Balaban J connectivity index is 2.15. The number of nitrogens with one attached hydrogen (secondary N) is 1. The monoisotopic (exact) mass is 346 g/mol. The SMILES string of the molecule is CC1CCCCN1S(=O)(=O)Nc1cccc(CBr)c1. The molecule has 0 radical (unpaired) electrons. The zero-order chi connectivity index (χ0) is 13.9. The first-order valence-corrected chi connectivity index (χ1v) is 9.03. The normalized spacial score (nSPS) is 21.3. The predicted molar refractivity (Wildman–Crippen MR) is 81.6 cm³/mol. The molecule has 1 saturated heterocycles. The van der Waals surface area contributed by atoms with Gasteiger partial charge in [0.05, 0.1) is 5.69 Å². The largest absolute Gasteiger partial charge is 0.301 e. The van der Waals surface area contributed by atoms with Crippen LogP contribution in [0.1, 0.15) is 31.7 Å². The van der Waals surface area contributed by atoms with E-state index in [0.717, 1.165) is 24.8 Å². The van der Waals surface area contributed by atoms with Crippen LogP contribution in [0.15, 0.2) is 24.3 Å². The minimum absolute atomic E-state index is 0.0746. The van der Waals surface area contributed by atoms with Gasteiger partial charge in [0.25, 0.3) is 0 Å². The summed E-state index contributed by atoms with van der Waals surface area (Å²) in [5.74, 6) is 0. The molecule has 1 aromatic rings. The second kappa shape index (κ2) is 6.24. The second-order valence-electron chi connectivity index (χ2n) is 4.90. The van der Waals surface area contributed by atoms with Crippen LogP contribution in [-0.2, 0) is 15.5 Å². The van der Waals surface area contributed by atoms with E-state index in [1.807, 2.05) is 25.1 Å². The van der Waals surface area contributed by atoms with E-state index < -0.39 is 10.2 Å². The molecule has 1 heterocycles. The van der Waals surface area contributed by atoms with Gasteiger partial charge in [0.15, 0.2) is 0 Å². The van der Waals surface area contributed by atoms with Gasteiger partial charge in [0.2, 0.25) is 0 Å². The van der Waals surface area contributed by atoms with Gasteiger partial charge in [-0.1, -0.05) is 34.5 Å². The smallest absolute Gasteiger partial charge is 0.271 e. The lowest BCUT2D eigenvalue weighted by atomic mass is 10.1. The highest BCUT2D eigenvalue weighted by Crippen LogP contribution is 2.22. The molecular formula is C13H19BrN2O2S. The number of rotatable bonds is 4. The van der Waals surface area contributed by atoms with Gasteiger partial charge in [-0.15, -0.1) is 0 Å². The van der Waals surface area contributed by atoms with E-state index in [1.54, 1.807) is 10.4 Å². The van der Waals surface area contributed by atoms with Crippen LogP contribution in [0.2, 0.25) is 0 Å². The average molecular weight is 347 g/mol. The lowest BCUT2D eigenvalue weighted by Gasteiger charge is -2.32. The second-order valence-corrected chi connectivity index (χ2v) is 7.08. The maximum atomic E-state index is 12.4. The molecule has 1 N–H and O–H groups in total. The van der Waals surface area contributed by atoms with Crippen LogP contribution in [0.4, 0.5) is 5.69 Å². The average Bonchev–Trinajstić information content (AvgIpc) is 2.38. The standard InChI is InChI=1S/C13H19BrN2O2S/c1-11-5-2-3-8-16(11)19(17,18)15-13-7-4-6-12(9-13)10-14/h4,6-7,9,11,15H,2-3,5,8,10H2,1H3. The highest BCUT2D eigenvalue weighted by atomic mass is 79.9. The first kappa shape index (κ1) is 14.8. The van der Waals surface area contributed by atoms with Crippen molar-refractivity contribution in [2.45, 2.75) is 37.6 Å². The molecular weight excluding hydrogens is 328 g/mol. The lowest BCUT2D eigenvalue weighted by Crippen LogP contribution is -2.44. The van der Waals surface area contributed by atoms with Crippen LogP contribution in [0, 0.1) is 0 Å². The molecule has 1 atom stereocenters. The number of hydrogen-bond donors (Lipinski definition) is 1. The molecule has 6 heteroatoms. The zero-order valence-electron chi connectivity index (χ0n) is 11.0. The highest BCUT2D eigenvalue weighted by molar-refractivity contribution is 9.08. The summed E-state index contributed by atoms with van der Waals surface area (Å²) >= 11 is 3.37. The molecule has 1 aliphatic rings. The molecule has 0 spiro atoms. The van der Waals surface area contributed by atoms with Gasteiger partial charge in [-0.3, -0.25) is 4.72 Å². The molecule has 19 heavy (non-hydrogen) atoms. The third-order valence-corrected chi connectivity index (χ3v) is 5.68. The molecule has 0 bridgehead atoms. The lowest BCUT2D eigenvalue weighted by molar-refractivity contribution is 0.270. The van der Waals surface area contributed by atoms with Crippen molar-refractivity contribution in [3.63, 3.8) is 0 Å². The fraction of sp³-hybridized carbons (Fsp3) is 0.538. The number of hydrogen-bond acceptors (Lipinski definition) is 2. The topological polar surface area (TPSA) is 49.4 Å². The summed E-state index contributed by atoms with van der Waals surface area (Å²) in [6, 6.07) is 7.51. The zero-order valence-corrected chi connectivity index (χ0v) is 13.4. The van der Waals surface area contributed by atoms with Crippen molar-refractivity contribution in [1.29, 1.82) is 0 Å². The fourth-order valence-electron chi connectivity index (χ4n) is 2.35. The Morgan fingerprint density at radius 2 is 2.21 bits per heavy atom. The Morgan fingerprint density at radius 1 is 1.42 bits per heavy atom. The molecule has 1 aliphatic heterocycles. The Bertz CT molecular complexity index is 533. The van der Waals surface area contributed by atoms with Crippen LogP contribution >= 0.6 is 15.9 Å². The van der Waals surface area contributed by atoms with Gasteiger partial charge in [-0.25, -0.2) is 0 Å². The molecule has 106 valence electrons. The predicted octanol–water partition coefficient (Wildman–Crippen LogP) is 3.11. The summed E-state index contributed by atoms with van der Waals surface area (Å²) in [6.45, 7) is 2.57. The highest BCUT2D eigenvalue weighted by Gasteiger charge is 2.29. The maximum Gasteiger partial charge on any atom is 0.301 e. The summed E-state index contributed by atoms with van der Waals surface area (Å²) < 4.78 is 29.0. The Kier molecular flexibility index (Phi) is 4.86. The van der Waals surface area contributed by atoms with Crippen molar-refractivity contribution < 1.29 is 8.42 Å². The first-order valence-electron chi connectivity index (χ1n) is 6.47. The van der Waals surface area contributed by atoms with Gasteiger partial charge in [0.1, 0.15) is 0 Å². The summed E-state index contributed by atoms with van der Waals surface area (Å²) in [7, 11) is -3.44. The van der Waals surface area contributed by atoms with Crippen molar-refractivity contribution in [3.8, 4) is 0 Å². The van der Waals surface area contributed by atoms with Gasteiger partial charge >= 0.3 is 10.2 Å². The molecule has 1 unspecified atom stereocenters. The molecule has 0 amide bonds. The molecule has 0 aromatic heterocycles. The number of halogens is 1. The molecule has 2 rings (SSSR count). The van der Waals surface area contributed by atoms with Crippen molar-refractivity contribution in [2.24, 2.45) is 0 Å². The third-order valence-electron chi connectivity index (χ3n) is 3.38. The third kappa shape index (κ3) is 3.70. The number of alkyl halides is 1. The van der Waals surface area contributed by atoms with E-state index in [9.17, 15) is 8.42 Å². The van der Waals surface area contributed by atoms with Crippen LogP contribution < -0.4 is 4.72 Å². The summed E-state index contributed by atoms with van der Waals surface area (Å²) in [4.78, 5) is 0. The quantitative estimate of drug-likeness (QED) is 0.851. The Hall–Kier alpha value is -0.590. The number of piperidine rings is 1. The summed E-state index contributed by atoms with van der Waals surface area (Å²) in [5.41, 5.74) is 1.67. The van der Waals surface area contributed by atoms with Crippen molar-refractivity contribution in [3.05, 3.63) is 29.8 Å². The first-order chi connectivity index (χ1) is 9.03.